The highest BCUT2D eigenvalue weighted by atomic mass is 16.5. The summed E-state index contributed by atoms with van der Waals surface area (Å²) in [6.45, 7) is 0.696. The van der Waals surface area contributed by atoms with Gasteiger partial charge in [-0.15, -0.1) is 0 Å². The van der Waals surface area contributed by atoms with Gasteiger partial charge in [-0.1, -0.05) is 30.3 Å². The molecular formula is C24H24N2O4. The van der Waals surface area contributed by atoms with E-state index in [0.717, 1.165) is 17.9 Å². The topological polar surface area (TPSA) is 76.7 Å². The molecule has 0 aliphatic rings. The summed E-state index contributed by atoms with van der Waals surface area (Å²) in [6, 6.07) is 24.2. The molecule has 3 rings (SSSR count). The summed E-state index contributed by atoms with van der Waals surface area (Å²) in [5.41, 5.74) is 3.12. The van der Waals surface area contributed by atoms with Crippen molar-refractivity contribution in [1.29, 1.82) is 0 Å². The normalized spacial score (nSPS) is 10.2. The van der Waals surface area contributed by atoms with Crippen LogP contribution < -0.4 is 15.4 Å². The third-order valence-electron chi connectivity index (χ3n) is 4.40. The van der Waals surface area contributed by atoms with Crippen LogP contribution in [-0.2, 0) is 16.0 Å². The molecule has 3 aromatic rings. The summed E-state index contributed by atoms with van der Waals surface area (Å²) in [6.07, 6.45) is 0.839. The van der Waals surface area contributed by atoms with Crippen LogP contribution >= 0.6 is 0 Å². The Morgan fingerprint density at radius 1 is 0.833 bits per heavy atom. The molecule has 0 saturated heterocycles. The highest BCUT2D eigenvalue weighted by Gasteiger charge is 2.06. The predicted molar refractivity (Wildman–Crippen MR) is 117 cm³/mol. The van der Waals surface area contributed by atoms with E-state index in [2.05, 4.69) is 27.5 Å². The molecule has 0 atom stereocenters. The van der Waals surface area contributed by atoms with E-state index < -0.39 is 5.97 Å². The third-order valence-corrected chi connectivity index (χ3v) is 4.40. The second-order valence-corrected chi connectivity index (χ2v) is 6.58. The molecule has 3 aromatic carbocycles. The highest BCUT2D eigenvalue weighted by Crippen LogP contribution is 2.16. The first-order valence-electron chi connectivity index (χ1n) is 9.63. The molecule has 30 heavy (non-hydrogen) atoms. The summed E-state index contributed by atoms with van der Waals surface area (Å²) < 4.78 is 10.4. The molecule has 0 aliphatic carbocycles. The van der Waals surface area contributed by atoms with E-state index in [0.29, 0.717) is 17.9 Å². The molecule has 0 radical (unpaired) electrons. The standard InChI is InChI=1S/C24H24N2O4/c1-29-24(28)19-7-9-20(10-8-19)25-17-23(27)26-21-11-13-22(14-12-21)30-16-15-18-5-3-2-4-6-18/h2-14,25H,15-17H2,1H3,(H,26,27). The highest BCUT2D eigenvalue weighted by molar-refractivity contribution is 5.94. The lowest BCUT2D eigenvalue weighted by Gasteiger charge is -2.10. The average Bonchev–Trinajstić information content (AvgIpc) is 2.79. The monoisotopic (exact) mass is 404 g/mol. The van der Waals surface area contributed by atoms with Gasteiger partial charge in [-0.2, -0.15) is 0 Å². The van der Waals surface area contributed by atoms with E-state index in [1.165, 1.54) is 12.7 Å². The lowest BCUT2D eigenvalue weighted by Crippen LogP contribution is -2.21. The zero-order valence-corrected chi connectivity index (χ0v) is 16.8. The maximum Gasteiger partial charge on any atom is 0.337 e. The van der Waals surface area contributed by atoms with Gasteiger partial charge >= 0.3 is 5.97 Å². The number of hydrogen-bond acceptors (Lipinski definition) is 5. The zero-order chi connectivity index (χ0) is 21.2. The Bertz CT molecular complexity index is 955. The van der Waals surface area contributed by atoms with E-state index in [1.807, 2.05) is 30.3 Å². The maximum atomic E-state index is 12.1. The van der Waals surface area contributed by atoms with Crippen molar-refractivity contribution >= 4 is 23.3 Å². The van der Waals surface area contributed by atoms with Gasteiger partial charge in [0.1, 0.15) is 5.75 Å². The number of methoxy groups -OCH3 is 1. The summed E-state index contributed by atoms with van der Waals surface area (Å²) >= 11 is 0. The minimum absolute atomic E-state index is 0.104. The molecule has 0 aromatic heterocycles. The second kappa shape index (κ2) is 10.7. The van der Waals surface area contributed by atoms with E-state index in [9.17, 15) is 9.59 Å². The largest absolute Gasteiger partial charge is 0.493 e. The Balaban J connectivity index is 1.41. The van der Waals surface area contributed by atoms with Crippen LogP contribution in [0.4, 0.5) is 11.4 Å². The molecule has 2 N–H and O–H groups in total. The molecular weight excluding hydrogens is 380 g/mol. The smallest absolute Gasteiger partial charge is 0.337 e. The molecule has 6 nitrogen and oxygen atoms in total. The van der Waals surface area contributed by atoms with Gasteiger partial charge in [0, 0.05) is 17.8 Å². The fraction of sp³-hybridized carbons (Fsp3) is 0.167. The number of esters is 1. The van der Waals surface area contributed by atoms with Crippen molar-refractivity contribution in [3.8, 4) is 5.75 Å². The minimum Gasteiger partial charge on any atom is -0.493 e. The lowest BCUT2D eigenvalue weighted by atomic mass is 10.2. The summed E-state index contributed by atoms with van der Waals surface area (Å²) in [7, 11) is 1.34. The lowest BCUT2D eigenvalue weighted by molar-refractivity contribution is -0.114. The molecule has 0 fully saturated rings. The predicted octanol–water partition coefficient (Wildman–Crippen LogP) is 4.15. The SMILES string of the molecule is COC(=O)c1ccc(NCC(=O)Nc2ccc(OCCc3ccccc3)cc2)cc1. The Morgan fingerprint density at radius 3 is 2.17 bits per heavy atom. The third kappa shape index (κ3) is 6.38. The Kier molecular flexibility index (Phi) is 7.44. The number of ether oxygens (including phenoxy) is 2. The van der Waals surface area contributed by atoms with Crippen molar-refractivity contribution in [3.05, 3.63) is 90.0 Å². The number of carbonyl (C=O) groups is 2. The van der Waals surface area contributed by atoms with Crippen LogP contribution in [-0.4, -0.2) is 32.1 Å². The molecule has 6 heteroatoms. The quantitative estimate of drug-likeness (QED) is 0.524. The molecule has 0 aliphatic heterocycles. The Labute approximate surface area is 175 Å². The van der Waals surface area contributed by atoms with Crippen molar-refractivity contribution in [3.63, 3.8) is 0 Å². The maximum absolute atomic E-state index is 12.1. The number of nitrogens with one attached hydrogen (secondary N) is 2. The van der Waals surface area contributed by atoms with Crippen LogP contribution in [0, 0.1) is 0 Å². The summed E-state index contributed by atoms with van der Waals surface area (Å²) in [5.74, 6) is 0.185. The average molecular weight is 404 g/mol. The van der Waals surface area contributed by atoms with Gasteiger partial charge in [-0.3, -0.25) is 4.79 Å². The Morgan fingerprint density at radius 2 is 1.50 bits per heavy atom. The molecule has 154 valence electrons. The van der Waals surface area contributed by atoms with E-state index in [1.54, 1.807) is 36.4 Å². The number of carbonyl (C=O) groups excluding carboxylic acids is 2. The van der Waals surface area contributed by atoms with Crippen LogP contribution in [0.15, 0.2) is 78.9 Å². The summed E-state index contributed by atoms with van der Waals surface area (Å²) in [5, 5.41) is 5.84. The molecule has 0 heterocycles. The van der Waals surface area contributed by atoms with Crippen molar-refractivity contribution in [2.45, 2.75) is 6.42 Å². The van der Waals surface area contributed by atoms with Gasteiger partial charge < -0.3 is 20.1 Å². The molecule has 0 saturated carbocycles. The number of rotatable bonds is 9. The van der Waals surface area contributed by atoms with Crippen molar-refractivity contribution in [1.82, 2.24) is 0 Å². The molecule has 1 amide bonds. The van der Waals surface area contributed by atoms with Crippen molar-refractivity contribution in [2.24, 2.45) is 0 Å². The van der Waals surface area contributed by atoms with Crippen LogP contribution in [0.5, 0.6) is 5.75 Å². The zero-order valence-electron chi connectivity index (χ0n) is 16.8. The Hall–Kier alpha value is -3.80. The summed E-state index contributed by atoms with van der Waals surface area (Å²) in [4.78, 5) is 23.6. The molecule has 0 bridgehead atoms. The van der Waals surface area contributed by atoms with E-state index in [4.69, 9.17) is 4.74 Å². The van der Waals surface area contributed by atoms with Gasteiger partial charge in [0.25, 0.3) is 0 Å². The first-order valence-corrected chi connectivity index (χ1v) is 9.63. The van der Waals surface area contributed by atoms with Crippen molar-refractivity contribution in [2.75, 3.05) is 30.9 Å². The molecule has 0 unspecified atom stereocenters. The van der Waals surface area contributed by atoms with E-state index >= 15 is 0 Å². The number of anilines is 2. The first kappa shape index (κ1) is 20.9. The van der Waals surface area contributed by atoms with Crippen LogP contribution in [0.25, 0.3) is 0 Å². The molecule has 0 spiro atoms. The van der Waals surface area contributed by atoms with Crippen LogP contribution in [0.1, 0.15) is 15.9 Å². The minimum atomic E-state index is -0.396. The van der Waals surface area contributed by atoms with Gasteiger partial charge in [0.05, 0.1) is 25.8 Å². The van der Waals surface area contributed by atoms with Gasteiger partial charge in [0.2, 0.25) is 5.91 Å². The van der Waals surface area contributed by atoms with Crippen molar-refractivity contribution < 1.29 is 19.1 Å². The number of benzene rings is 3. The first-order chi connectivity index (χ1) is 14.6. The van der Waals surface area contributed by atoms with Crippen LogP contribution in [0.3, 0.4) is 0 Å². The van der Waals surface area contributed by atoms with Crippen LogP contribution in [0.2, 0.25) is 0 Å². The number of hydrogen-bond donors (Lipinski definition) is 2. The van der Waals surface area contributed by atoms with Gasteiger partial charge in [-0.05, 0) is 54.1 Å². The second-order valence-electron chi connectivity index (χ2n) is 6.58. The van der Waals surface area contributed by atoms with E-state index in [-0.39, 0.29) is 12.5 Å². The van der Waals surface area contributed by atoms with Gasteiger partial charge in [0.15, 0.2) is 0 Å². The number of amides is 1. The fourth-order valence-electron chi connectivity index (χ4n) is 2.80. The fourth-order valence-corrected chi connectivity index (χ4v) is 2.80. The van der Waals surface area contributed by atoms with Gasteiger partial charge in [-0.25, -0.2) is 4.79 Å².